The number of rotatable bonds is 2. The predicted molar refractivity (Wildman–Crippen MR) is 70.6 cm³/mol. The summed E-state index contributed by atoms with van der Waals surface area (Å²) in [6, 6.07) is 10.3. The van der Waals surface area contributed by atoms with Gasteiger partial charge in [-0.1, -0.05) is 45.0 Å². The van der Waals surface area contributed by atoms with Gasteiger partial charge in [0.05, 0.1) is 0 Å². The Bertz CT molecular complexity index is 467. The Hall–Kier alpha value is -1.70. The molecule has 0 aliphatic heterocycles. The summed E-state index contributed by atoms with van der Waals surface area (Å²) in [7, 11) is 0. The van der Waals surface area contributed by atoms with E-state index < -0.39 is 0 Å². The molecule has 0 saturated heterocycles. The summed E-state index contributed by atoms with van der Waals surface area (Å²) in [6.45, 7) is 6.75. The molecule has 0 amide bonds. The van der Waals surface area contributed by atoms with Gasteiger partial charge in [-0.05, 0) is 23.5 Å². The van der Waals surface area contributed by atoms with E-state index in [2.05, 4.69) is 55.0 Å². The fourth-order valence-corrected chi connectivity index (χ4v) is 1.83. The molecule has 17 heavy (non-hydrogen) atoms. The maximum Gasteiger partial charge on any atom is 0.159 e. The van der Waals surface area contributed by atoms with E-state index in [0.29, 0.717) is 5.41 Å². The molecular weight excluding hydrogens is 208 g/mol. The van der Waals surface area contributed by atoms with Gasteiger partial charge in [-0.25, -0.2) is 9.97 Å². The van der Waals surface area contributed by atoms with Gasteiger partial charge >= 0.3 is 0 Å². The van der Waals surface area contributed by atoms with Gasteiger partial charge in [-0.2, -0.15) is 0 Å². The van der Waals surface area contributed by atoms with Gasteiger partial charge in [0, 0.05) is 18.0 Å². The van der Waals surface area contributed by atoms with Gasteiger partial charge < -0.3 is 0 Å². The SMILES string of the molecule is CC(C)(C)Cc1ccc(-c2ncccn2)cc1. The Kier molecular flexibility index (Phi) is 3.23. The van der Waals surface area contributed by atoms with Crippen LogP contribution in [-0.4, -0.2) is 9.97 Å². The van der Waals surface area contributed by atoms with Crippen molar-refractivity contribution < 1.29 is 0 Å². The second kappa shape index (κ2) is 4.66. The Morgan fingerprint density at radius 2 is 1.53 bits per heavy atom. The van der Waals surface area contributed by atoms with Crippen molar-refractivity contribution in [2.24, 2.45) is 5.41 Å². The van der Waals surface area contributed by atoms with Crippen LogP contribution in [0.2, 0.25) is 0 Å². The molecule has 0 aliphatic carbocycles. The summed E-state index contributed by atoms with van der Waals surface area (Å²) in [5.74, 6) is 0.787. The maximum absolute atomic E-state index is 4.24. The van der Waals surface area contributed by atoms with Crippen LogP contribution in [-0.2, 0) is 6.42 Å². The monoisotopic (exact) mass is 226 g/mol. The van der Waals surface area contributed by atoms with Crippen molar-refractivity contribution in [3.63, 3.8) is 0 Å². The Morgan fingerprint density at radius 1 is 0.941 bits per heavy atom. The maximum atomic E-state index is 4.24. The van der Waals surface area contributed by atoms with Crippen molar-refractivity contribution in [3.05, 3.63) is 48.3 Å². The first-order valence-electron chi connectivity index (χ1n) is 5.91. The number of nitrogens with zero attached hydrogens (tertiary/aromatic N) is 2. The largest absolute Gasteiger partial charge is 0.237 e. The Balaban J connectivity index is 2.19. The van der Waals surface area contributed by atoms with Crippen LogP contribution < -0.4 is 0 Å². The van der Waals surface area contributed by atoms with E-state index in [1.165, 1.54) is 5.56 Å². The third-order valence-electron chi connectivity index (χ3n) is 2.51. The van der Waals surface area contributed by atoms with E-state index >= 15 is 0 Å². The summed E-state index contributed by atoms with van der Waals surface area (Å²) in [5.41, 5.74) is 2.76. The van der Waals surface area contributed by atoms with Crippen LogP contribution in [0, 0.1) is 5.41 Å². The van der Waals surface area contributed by atoms with Crippen molar-refractivity contribution in [1.29, 1.82) is 0 Å². The predicted octanol–water partition coefficient (Wildman–Crippen LogP) is 3.73. The topological polar surface area (TPSA) is 25.8 Å². The molecule has 1 heterocycles. The first-order chi connectivity index (χ1) is 8.04. The molecule has 0 saturated carbocycles. The lowest BCUT2D eigenvalue weighted by Gasteiger charge is -2.18. The molecule has 0 radical (unpaired) electrons. The average Bonchev–Trinajstić information content (AvgIpc) is 2.29. The molecule has 0 bridgehead atoms. The van der Waals surface area contributed by atoms with E-state index in [1.54, 1.807) is 12.4 Å². The molecule has 2 aromatic rings. The third-order valence-corrected chi connectivity index (χ3v) is 2.51. The van der Waals surface area contributed by atoms with Gasteiger partial charge in [-0.15, -0.1) is 0 Å². The molecule has 0 aliphatic rings. The smallest absolute Gasteiger partial charge is 0.159 e. The number of hydrogen-bond acceptors (Lipinski definition) is 2. The first-order valence-corrected chi connectivity index (χ1v) is 5.91. The van der Waals surface area contributed by atoms with Crippen LogP contribution in [0.5, 0.6) is 0 Å². The van der Waals surface area contributed by atoms with E-state index in [9.17, 15) is 0 Å². The van der Waals surface area contributed by atoms with Crippen molar-refractivity contribution in [2.45, 2.75) is 27.2 Å². The van der Waals surface area contributed by atoms with Gasteiger partial charge in [0.2, 0.25) is 0 Å². The van der Waals surface area contributed by atoms with Crippen LogP contribution in [0.3, 0.4) is 0 Å². The summed E-state index contributed by atoms with van der Waals surface area (Å²) in [5, 5.41) is 0. The summed E-state index contributed by atoms with van der Waals surface area (Å²) in [6.07, 6.45) is 4.62. The van der Waals surface area contributed by atoms with E-state index in [-0.39, 0.29) is 0 Å². The third kappa shape index (κ3) is 3.38. The van der Waals surface area contributed by atoms with Crippen LogP contribution in [0.1, 0.15) is 26.3 Å². The lowest BCUT2D eigenvalue weighted by molar-refractivity contribution is 0.411. The van der Waals surface area contributed by atoms with Gasteiger partial charge in [0.15, 0.2) is 5.82 Å². The number of benzene rings is 1. The lowest BCUT2D eigenvalue weighted by atomic mass is 9.88. The second-order valence-electron chi connectivity index (χ2n) is 5.51. The molecule has 0 fully saturated rings. The lowest BCUT2D eigenvalue weighted by Crippen LogP contribution is -2.08. The highest BCUT2D eigenvalue weighted by Crippen LogP contribution is 2.22. The highest BCUT2D eigenvalue weighted by molar-refractivity contribution is 5.54. The van der Waals surface area contributed by atoms with E-state index in [0.717, 1.165) is 17.8 Å². The molecular formula is C15H18N2. The molecule has 88 valence electrons. The zero-order chi connectivity index (χ0) is 12.3. The Morgan fingerprint density at radius 3 is 2.06 bits per heavy atom. The molecule has 0 unspecified atom stereocenters. The van der Waals surface area contributed by atoms with Crippen molar-refractivity contribution in [3.8, 4) is 11.4 Å². The molecule has 1 aromatic heterocycles. The van der Waals surface area contributed by atoms with Crippen molar-refractivity contribution >= 4 is 0 Å². The molecule has 2 heteroatoms. The van der Waals surface area contributed by atoms with Crippen molar-refractivity contribution in [1.82, 2.24) is 9.97 Å². The minimum absolute atomic E-state index is 0.324. The molecule has 1 aromatic carbocycles. The number of hydrogen-bond donors (Lipinski definition) is 0. The summed E-state index contributed by atoms with van der Waals surface area (Å²) < 4.78 is 0. The molecule has 0 spiro atoms. The number of aromatic nitrogens is 2. The highest BCUT2D eigenvalue weighted by Gasteiger charge is 2.11. The molecule has 0 atom stereocenters. The minimum Gasteiger partial charge on any atom is -0.237 e. The fraction of sp³-hybridized carbons (Fsp3) is 0.333. The Labute approximate surface area is 103 Å². The molecule has 2 nitrogen and oxygen atoms in total. The highest BCUT2D eigenvalue weighted by atomic mass is 14.8. The quantitative estimate of drug-likeness (QED) is 0.779. The van der Waals surface area contributed by atoms with Crippen LogP contribution in [0.15, 0.2) is 42.7 Å². The second-order valence-corrected chi connectivity index (χ2v) is 5.51. The van der Waals surface area contributed by atoms with Crippen LogP contribution >= 0.6 is 0 Å². The van der Waals surface area contributed by atoms with Crippen LogP contribution in [0.25, 0.3) is 11.4 Å². The van der Waals surface area contributed by atoms with E-state index in [1.807, 2.05) is 6.07 Å². The zero-order valence-electron chi connectivity index (χ0n) is 10.6. The standard InChI is InChI=1S/C15H18N2/c1-15(2,3)11-12-5-7-13(8-6-12)14-16-9-4-10-17-14/h4-10H,11H2,1-3H3. The fourth-order valence-electron chi connectivity index (χ4n) is 1.83. The summed E-state index contributed by atoms with van der Waals surface area (Å²) in [4.78, 5) is 8.48. The average molecular weight is 226 g/mol. The van der Waals surface area contributed by atoms with E-state index in [4.69, 9.17) is 0 Å². The van der Waals surface area contributed by atoms with Crippen LogP contribution in [0.4, 0.5) is 0 Å². The van der Waals surface area contributed by atoms with Gasteiger partial charge in [0.25, 0.3) is 0 Å². The molecule has 2 rings (SSSR count). The summed E-state index contributed by atoms with van der Waals surface area (Å²) >= 11 is 0. The zero-order valence-corrected chi connectivity index (χ0v) is 10.6. The van der Waals surface area contributed by atoms with Gasteiger partial charge in [0.1, 0.15) is 0 Å². The first kappa shape index (κ1) is 11.8. The van der Waals surface area contributed by atoms with Crippen molar-refractivity contribution in [2.75, 3.05) is 0 Å². The molecule has 0 N–H and O–H groups in total. The van der Waals surface area contributed by atoms with Gasteiger partial charge in [-0.3, -0.25) is 0 Å². The normalized spacial score (nSPS) is 11.5. The minimum atomic E-state index is 0.324.